The Morgan fingerprint density at radius 1 is 1.45 bits per heavy atom. The molecule has 0 aliphatic heterocycles. The summed E-state index contributed by atoms with van der Waals surface area (Å²) < 4.78 is 7.47. The van der Waals surface area contributed by atoms with Gasteiger partial charge in [0.05, 0.1) is 18.5 Å². The highest BCUT2D eigenvalue weighted by atomic mass is 16.3. The Hall–Kier alpha value is -1.59. The molecule has 0 aliphatic rings. The molecule has 5 nitrogen and oxygen atoms in total. The van der Waals surface area contributed by atoms with Gasteiger partial charge in [-0.2, -0.15) is 5.10 Å². The Bertz CT molecular complexity index is 504. The third-order valence-electron chi connectivity index (χ3n) is 3.59. The van der Waals surface area contributed by atoms with Crippen LogP contribution in [0.15, 0.2) is 35.2 Å². The maximum atomic E-state index is 5.52. The molecule has 0 saturated heterocycles. The molecule has 1 N–H and O–H groups in total. The fourth-order valence-corrected chi connectivity index (χ4v) is 2.20. The van der Waals surface area contributed by atoms with Crippen LogP contribution in [0.1, 0.15) is 37.3 Å². The van der Waals surface area contributed by atoms with Crippen molar-refractivity contribution >= 4 is 0 Å². The fraction of sp³-hybridized carbons (Fsp3) is 0.533. The first-order valence-corrected chi connectivity index (χ1v) is 7.07. The Morgan fingerprint density at radius 2 is 2.25 bits per heavy atom. The van der Waals surface area contributed by atoms with Crippen molar-refractivity contribution in [3.63, 3.8) is 0 Å². The van der Waals surface area contributed by atoms with E-state index in [1.165, 1.54) is 5.56 Å². The van der Waals surface area contributed by atoms with E-state index in [0.29, 0.717) is 0 Å². The molecule has 0 aromatic carbocycles. The average Bonchev–Trinajstić information content (AvgIpc) is 3.09. The second-order valence-corrected chi connectivity index (χ2v) is 5.25. The van der Waals surface area contributed by atoms with E-state index in [2.05, 4.69) is 49.5 Å². The smallest absolute Gasteiger partial charge is 0.122 e. The van der Waals surface area contributed by atoms with Crippen LogP contribution in [0.2, 0.25) is 0 Å². The standard InChI is InChI=1S/C15H24N4O/c1-5-19-11-13(9-17-19)12(2)16-10-14(18(3)4)15-7-6-8-20-15/h6-9,11-12,14,16H,5,10H2,1-4H3. The minimum atomic E-state index is 0.230. The zero-order valence-corrected chi connectivity index (χ0v) is 12.7. The first-order valence-electron chi connectivity index (χ1n) is 7.07. The summed E-state index contributed by atoms with van der Waals surface area (Å²) in [5.74, 6) is 0.985. The minimum Gasteiger partial charge on any atom is -0.468 e. The Kier molecular flexibility index (Phi) is 4.98. The van der Waals surface area contributed by atoms with Crippen molar-refractivity contribution in [3.05, 3.63) is 42.1 Å². The third kappa shape index (κ3) is 3.49. The predicted octanol–water partition coefficient (Wildman–Crippen LogP) is 2.45. The topological polar surface area (TPSA) is 46.2 Å². The minimum absolute atomic E-state index is 0.230. The maximum Gasteiger partial charge on any atom is 0.122 e. The monoisotopic (exact) mass is 276 g/mol. The van der Waals surface area contributed by atoms with Crippen LogP contribution in [0.3, 0.4) is 0 Å². The molecule has 0 saturated carbocycles. The van der Waals surface area contributed by atoms with Crippen LogP contribution in [0.4, 0.5) is 0 Å². The molecule has 2 heterocycles. The molecular weight excluding hydrogens is 252 g/mol. The predicted molar refractivity (Wildman–Crippen MR) is 79.5 cm³/mol. The van der Waals surface area contributed by atoms with Crippen molar-refractivity contribution in [2.75, 3.05) is 20.6 Å². The highest BCUT2D eigenvalue weighted by molar-refractivity contribution is 5.10. The van der Waals surface area contributed by atoms with Crippen molar-refractivity contribution in [2.24, 2.45) is 0 Å². The van der Waals surface area contributed by atoms with Crippen molar-refractivity contribution in [3.8, 4) is 0 Å². The lowest BCUT2D eigenvalue weighted by atomic mass is 10.1. The number of rotatable bonds is 7. The first kappa shape index (κ1) is 14.8. The molecule has 0 bridgehead atoms. The summed E-state index contributed by atoms with van der Waals surface area (Å²) in [5, 5.41) is 7.87. The molecule has 0 fully saturated rings. The van der Waals surface area contributed by atoms with Gasteiger partial charge in [-0.25, -0.2) is 0 Å². The maximum absolute atomic E-state index is 5.52. The second kappa shape index (κ2) is 6.72. The summed E-state index contributed by atoms with van der Waals surface area (Å²) in [4.78, 5) is 2.16. The number of aryl methyl sites for hydroxylation is 1. The molecule has 5 heteroatoms. The van der Waals surface area contributed by atoms with Gasteiger partial charge in [0.25, 0.3) is 0 Å². The SMILES string of the molecule is CCn1cc(C(C)NCC(c2ccco2)N(C)C)cn1. The molecule has 0 spiro atoms. The van der Waals surface area contributed by atoms with Gasteiger partial charge in [0, 0.05) is 30.9 Å². The lowest BCUT2D eigenvalue weighted by Gasteiger charge is -2.24. The van der Waals surface area contributed by atoms with Crippen molar-refractivity contribution in [1.29, 1.82) is 0 Å². The lowest BCUT2D eigenvalue weighted by Crippen LogP contribution is -2.32. The van der Waals surface area contributed by atoms with Crippen LogP contribution in [0.5, 0.6) is 0 Å². The second-order valence-electron chi connectivity index (χ2n) is 5.25. The molecular formula is C15H24N4O. The normalized spacial score (nSPS) is 14.7. The molecule has 2 aromatic rings. The van der Waals surface area contributed by atoms with Crippen LogP contribution in [0.25, 0.3) is 0 Å². The van der Waals surface area contributed by atoms with E-state index >= 15 is 0 Å². The zero-order chi connectivity index (χ0) is 14.5. The number of hydrogen-bond donors (Lipinski definition) is 1. The molecule has 20 heavy (non-hydrogen) atoms. The van der Waals surface area contributed by atoms with Crippen LogP contribution < -0.4 is 5.32 Å². The molecule has 0 amide bonds. The van der Waals surface area contributed by atoms with Gasteiger partial charge in [0.2, 0.25) is 0 Å². The van der Waals surface area contributed by atoms with Gasteiger partial charge in [-0.3, -0.25) is 9.58 Å². The molecule has 0 radical (unpaired) electrons. The van der Waals surface area contributed by atoms with Gasteiger partial charge >= 0.3 is 0 Å². The average molecular weight is 276 g/mol. The number of nitrogens with one attached hydrogen (secondary N) is 1. The Labute approximate surface area is 120 Å². The summed E-state index contributed by atoms with van der Waals surface area (Å²) in [7, 11) is 4.13. The van der Waals surface area contributed by atoms with Crippen LogP contribution in [-0.2, 0) is 6.54 Å². The fourth-order valence-electron chi connectivity index (χ4n) is 2.20. The van der Waals surface area contributed by atoms with Gasteiger partial charge in [0.1, 0.15) is 5.76 Å². The third-order valence-corrected chi connectivity index (χ3v) is 3.59. The first-order chi connectivity index (χ1) is 9.61. The van der Waals surface area contributed by atoms with Gasteiger partial charge < -0.3 is 9.73 Å². The number of aromatic nitrogens is 2. The number of likely N-dealkylation sites (N-methyl/N-ethyl adjacent to an activating group) is 1. The van der Waals surface area contributed by atoms with Crippen molar-refractivity contribution < 1.29 is 4.42 Å². The molecule has 2 aromatic heterocycles. The van der Waals surface area contributed by atoms with Gasteiger partial charge in [0.15, 0.2) is 0 Å². The van der Waals surface area contributed by atoms with E-state index in [1.54, 1.807) is 6.26 Å². The zero-order valence-electron chi connectivity index (χ0n) is 12.7. The Morgan fingerprint density at radius 3 is 2.80 bits per heavy atom. The highest BCUT2D eigenvalue weighted by Gasteiger charge is 2.18. The largest absolute Gasteiger partial charge is 0.468 e. The molecule has 2 unspecified atom stereocenters. The van der Waals surface area contributed by atoms with Crippen molar-refractivity contribution in [2.45, 2.75) is 32.5 Å². The molecule has 110 valence electrons. The highest BCUT2D eigenvalue weighted by Crippen LogP contribution is 2.19. The van der Waals surface area contributed by atoms with E-state index in [1.807, 2.05) is 23.0 Å². The summed E-state index contributed by atoms with van der Waals surface area (Å²) in [6.07, 6.45) is 5.74. The van der Waals surface area contributed by atoms with E-state index in [4.69, 9.17) is 4.42 Å². The summed E-state index contributed by atoms with van der Waals surface area (Å²) in [6, 6.07) is 4.45. The van der Waals surface area contributed by atoms with E-state index in [-0.39, 0.29) is 12.1 Å². The summed E-state index contributed by atoms with van der Waals surface area (Å²) in [6.45, 7) is 5.98. The van der Waals surface area contributed by atoms with Gasteiger partial charge in [-0.15, -0.1) is 0 Å². The van der Waals surface area contributed by atoms with Gasteiger partial charge in [-0.1, -0.05) is 0 Å². The van der Waals surface area contributed by atoms with Gasteiger partial charge in [-0.05, 0) is 40.1 Å². The molecule has 2 rings (SSSR count). The van der Waals surface area contributed by atoms with Crippen molar-refractivity contribution in [1.82, 2.24) is 20.0 Å². The quantitative estimate of drug-likeness (QED) is 0.844. The lowest BCUT2D eigenvalue weighted by molar-refractivity contribution is 0.245. The van der Waals surface area contributed by atoms with Crippen LogP contribution >= 0.6 is 0 Å². The molecule has 0 aliphatic carbocycles. The number of nitrogens with zero attached hydrogens (tertiary/aromatic N) is 3. The van der Waals surface area contributed by atoms with E-state index < -0.39 is 0 Å². The van der Waals surface area contributed by atoms with E-state index in [9.17, 15) is 0 Å². The number of hydrogen-bond acceptors (Lipinski definition) is 4. The Balaban J connectivity index is 1.95. The molecule has 2 atom stereocenters. The summed E-state index contributed by atoms with van der Waals surface area (Å²) >= 11 is 0. The number of furan rings is 1. The van der Waals surface area contributed by atoms with E-state index in [0.717, 1.165) is 18.8 Å². The van der Waals surface area contributed by atoms with Crippen LogP contribution in [-0.4, -0.2) is 35.3 Å². The summed E-state index contributed by atoms with van der Waals surface area (Å²) in [5.41, 5.74) is 1.21. The van der Waals surface area contributed by atoms with Crippen LogP contribution in [0, 0.1) is 0 Å².